The van der Waals surface area contributed by atoms with Crippen molar-refractivity contribution in [1.82, 2.24) is 0 Å². The average Bonchev–Trinajstić information content (AvgIpc) is 2.66. The summed E-state index contributed by atoms with van der Waals surface area (Å²) in [5.41, 5.74) is 0.986. The number of allylic oxidation sites excluding steroid dienone is 3. The summed E-state index contributed by atoms with van der Waals surface area (Å²) >= 11 is 0. The zero-order chi connectivity index (χ0) is 12.2. The van der Waals surface area contributed by atoms with Crippen LogP contribution < -0.4 is 0 Å². The van der Waals surface area contributed by atoms with Crippen molar-refractivity contribution < 1.29 is 4.74 Å². The lowest BCUT2D eigenvalue weighted by molar-refractivity contribution is 0.290. The van der Waals surface area contributed by atoms with Gasteiger partial charge in [0.25, 0.3) is 0 Å². The number of nitrogens with zero attached hydrogens (tertiary/aromatic N) is 1. The van der Waals surface area contributed by atoms with Gasteiger partial charge in [0.2, 0.25) is 0 Å². The van der Waals surface area contributed by atoms with E-state index in [0.29, 0.717) is 6.61 Å². The molecular weight excluding hydrogens is 198 g/mol. The van der Waals surface area contributed by atoms with Crippen molar-refractivity contribution in [3.8, 4) is 0 Å². The Balaban J connectivity index is 2.65. The van der Waals surface area contributed by atoms with Gasteiger partial charge in [0.1, 0.15) is 12.6 Å². The first-order valence-corrected chi connectivity index (χ1v) is 5.64. The van der Waals surface area contributed by atoms with Crippen LogP contribution in [0, 0.1) is 5.41 Å². The molecule has 0 aromatic heterocycles. The van der Waals surface area contributed by atoms with E-state index in [-0.39, 0.29) is 11.5 Å². The van der Waals surface area contributed by atoms with E-state index in [1.165, 1.54) is 0 Å². The fourth-order valence-electron chi connectivity index (χ4n) is 1.38. The Bertz CT molecular complexity index is 342. The van der Waals surface area contributed by atoms with Crippen LogP contribution in [0.2, 0.25) is 0 Å². The SMILES string of the molecule is C=C(/C=C\C=C/C)[C@H]1COC(C(C)(C)C)=N1. The van der Waals surface area contributed by atoms with E-state index >= 15 is 0 Å². The predicted octanol–water partition coefficient (Wildman–Crippen LogP) is 3.52. The van der Waals surface area contributed by atoms with Gasteiger partial charge in [0, 0.05) is 5.41 Å². The maximum Gasteiger partial charge on any atom is 0.189 e. The van der Waals surface area contributed by atoms with E-state index in [1.54, 1.807) is 0 Å². The second-order valence-electron chi connectivity index (χ2n) is 4.97. The van der Waals surface area contributed by atoms with Gasteiger partial charge in [-0.25, -0.2) is 4.99 Å². The van der Waals surface area contributed by atoms with Gasteiger partial charge >= 0.3 is 0 Å². The smallest absolute Gasteiger partial charge is 0.189 e. The molecular formula is C14H21NO. The molecule has 0 bridgehead atoms. The highest BCUT2D eigenvalue weighted by atomic mass is 16.5. The van der Waals surface area contributed by atoms with E-state index < -0.39 is 0 Å². The summed E-state index contributed by atoms with van der Waals surface area (Å²) in [5.74, 6) is 0.832. The zero-order valence-electron chi connectivity index (χ0n) is 10.7. The van der Waals surface area contributed by atoms with Crippen LogP contribution in [-0.2, 0) is 4.74 Å². The largest absolute Gasteiger partial charge is 0.478 e. The normalized spacial score (nSPS) is 21.5. The highest BCUT2D eigenvalue weighted by Gasteiger charge is 2.28. The van der Waals surface area contributed by atoms with Gasteiger partial charge in [-0.15, -0.1) is 0 Å². The Morgan fingerprint density at radius 3 is 2.62 bits per heavy atom. The highest BCUT2D eigenvalue weighted by Crippen LogP contribution is 2.24. The number of hydrogen-bond donors (Lipinski definition) is 0. The number of rotatable bonds is 3. The Kier molecular flexibility index (Phi) is 4.11. The minimum absolute atomic E-state index is 0.0118. The Labute approximate surface area is 98.4 Å². The van der Waals surface area contributed by atoms with Gasteiger partial charge in [-0.3, -0.25) is 0 Å². The molecule has 1 rings (SSSR count). The fourth-order valence-corrected chi connectivity index (χ4v) is 1.38. The second-order valence-corrected chi connectivity index (χ2v) is 4.97. The molecule has 2 heteroatoms. The van der Waals surface area contributed by atoms with Gasteiger partial charge < -0.3 is 4.74 Å². The summed E-state index contributed by atoms with van der Waals surface area (Å²) in [4.78, 5) is 4.56. The fraction of sp³-hybridized carbons (Fsp3) is 0.500. The first-order valence-electron chi connectivity index (χ1n) is 5.64. The summed E-state index contributed by atoms with van der Waals surface area (Å²) in [6, 6.07) is 0.0794. The van der Waals surface area contributed by atoms with Crippen LogP contribution in [0.4, 0.5) is 0 Å². The lowest BCUT2D eigenvalue weighted by Gasteiger charge is -2.16. The standard InChI is InChI=1S/C14H21NO/c1-6-7-8-9-11(2)12-10-16-13(15-12)14(3,4)5/h6-9,12H,2,10H2,1,3-5H3/b7-6-,9-8-/t12-/m1/s1. The molecule has 1 heterocycles. The number of ether oxygens (including phenoxy) is 1. The quantitative estimate of drug-likeness (QED) is 0.665. The molecule has 0 spiro atoms. The van der Waals surface area contributed by atoms with Crippen LogP contribution in [0.3, 0.4) is 0 Å². The molecule has 0 saturated heterocycles. The van der Waals surface area contributed by atoms with Gasteiger partial charge in [0.05, 0.1) is 0 Å². The van der Waals surface area contributed by atoms with Gasteiger partial charge in [-0.05, 0) is 12.5 Å². The summed E-state index contributed by atoms with van der Waals surface area (Å²) in [6.07, 6.45) is 7.93. The topological polar surface area (TPSA) is 21.6 Å². The van der Waals surface area contributed by atoms with Crippen molar-refractivity contribution in [3.05, 3.63) is 36.5 Å². The van der Waals surface area contributed by atoms with Crippen LogP contribution in [0.25, 0.3) is 0 Å². The molecule has 0 saturated carbocycles. The van der Waals surface area contributed by atoms with Crippen molar-refractivity contribution in [2.75, 3.05) is 6.61 Å². The third-order valence-electron chi connectivity index (χ3n) is 2.33. The van der Waals surface area contributed by atoms with Crippen LogP contribution in [0.1, 0.15) is 27.7 Å². The molecule has 0 radical (unpaired) electrons. The molecule has 0 N–H and O–H groups in total. The third-order valence-corrected chi connectivity index (χ3v) is 2.33. The second kappa shape index (κ2) is 5.15. The molecule has 2 nitrogen and oxygen atoms in total. The first kappa shape index (κ1) is 12.8. The molecule has 1 aliphatic heterocycles. The number of aliphatic imine (C=N–C) groups is 1. The highest BCUT2D eigenvalue weighted by molar-refractivity contribution is 5.83. The molecule has 1 atom stereocenters. The van der Waals surface area contributed by atoms with Crippen LogP contribution in [-0.4, -0.2) is 18.5 Å². The van der Waals surface area contributed by atoms with Crippen LogP contribution in [0.15, 0.2) is 41.4 Å². The Hall–Kier alpha value is -1.31. The molecule has 0 amide bonds. The van der Waals surface area contributed by atoms with E-state index in [2.05, 4.69) is 32.3 Å². The van der Waals surface area contributed by atoms with E-state index in [1.807, 2.05) is 31.2 Å². The van der Waals surface area contributed by atoms with Crippen molar-refractivity contribution in [2.24, 2.45) is 10.4 Å². The molecule has 1 aliphatic rings. The molecule has 16 heavy (non-hydrogen) atoms. The first-order chi connectivity index (χ1) is 7.45. The molecule has 0 aliphatic carbocycles. The minimum Gasteiger partial charge on any atom is -0.478 e. The van der Waals surface area contributed by atoms with E-state index in [9.17, 15) is 0 Å². The van der Waals surface area contributed by atoms with Crippen molar-refractivity contribution >= 4 is 5.90 Å². The molecule has 0 unspecified atom stereocenters. The molecule has 0 aromatic carbocycles. The van der Waals surface area contributed by atoms with Crippen molar-refractivity contribution in [3.63, 3.8) is 0 Å². The predicted molar refractivity (Wildman–Crippen MR) is 69.7 cm³/mol. The van der Waals surface area contributed by atoms with Crippen LogP contribution >= 0.6 is 0 Å². The maximum absolute atomic E-state index is 5.59. The summed E-state index contributed by atoms with van der Waals surface area (Å²) in [5, 5.41) is 0. The summed E-state index contributed by atoms with van der Waals surface area (Å²) in [6.45, 7) is 12.9. The Morgan fingerprint density at radius 1 is 1.44 bits per heavy atom. The van der Waals surface area contributed by atoms with E-state index in [4.69, 9.17) is 4.74 Å². The van der Waals surface area contributed by atoms with Gasteiger partial charge in [-0.2, -0.15) is 0 Å². The molecule has 0 aromatic rings. The lowest BCUT2D eigenvalue weighted by atomic mass is 9.97. The maximum atomic E-state index is 5.59. The van der Waals surface area contributed by atoms with Crippen LogP contribution in [0.5, 0.6) is 0 Å². The van der Waals surface area contributed by atoms with Gasteiger partial charge in [0.15, 0.2) is 5.90 Å². The van der Waals surface area contributed by atoms with Crippen molar-refractivity contribution in [1.29, 1.82) is 0 Å². The Morgan fingerprint density at radius 2 is 2.12 bits per heavy atom. The monoisotopic (exact) mass is 219 g/mol. The number of hydrogen-bond acceptors (Lipinski definition) is 2. The average molecular weight is 219 g/mol. The summed E-state index contributed by atoms with van der Waals surface area (Å²) in [7, 11) is 0. The third kappa shape index (κ3) is 3.37. The zero-order valence-corrected chi connectivity index (χ0v) is 10.7. The molecule has 0 fully saturated rings. The van der Waals surface area contributed by atoms with Gasteiger partial charge in [-0.1, -0.05) is 51.7 Å². The van der Waals surface area contributed by atoms with Crippen molar-refractivity contribution in [2.45, 2.75) is 33.7 Å². The molecule has 88 valence electrons. The summed E-state index contributed by atoms with van der Waals surface area (Å²) < 4.78 is 5.59. The lowest BCUT2D eigenvalue weighted by Crippen LogP contribution is -2.20. The minimum atomic E-state index is -0.0118. The van der Waals surface area contributed by atoms with E-state index in [0.717, 1.165) is 11.5 Å².